The van der Waals surface area contributed by atoms with Crippen LogP contribution in [0.5, 0.6) is 0 Å². The Kier molecular flexibility index (Phi) is 9.57. The lowest BCUT2D eigenvalue weighted by Crippen LogP contribution is -2.27. The SMILES string of the molecule is Sc1ccccc1C/N=C(\N=C\c1ccc(-c2cccc(-c3ccc4c(c3)-c3ccccc3C43CCCCC3)c2)cc1)C1C=CC(c2ccccc2)=CC1. The van der Waals surface area contributed by atoms with Gasteiger partial charge in [-0.15, -0.1) is 12.6 Å². The molecule has 0 saturated heterocycles. The molecule has 6 aromatic rings. The molecule has 0 amide bonds. The van der Waals surface area contributed by atoms with Crippen LogP contribution < -0.4 is 0 Å². The first-order valence-electron chi connectivity index (χ1n) is 19.4. The fourth-order valence-electron chi connectivity index (χ4n) is 8.84. The van der Waals surface area contributed by atoms with Crippen molar-refractivity contribution < 1.29 is 0 Å². The maximum atomic E-state index is 5.04. The molecule has 0 bridgehead atoms. The third kappa shape index (κ3) is 6.74. The lowest BCUT2D eigenvalue weighted by molar-refractivity contribution is 0.353. The summed E-state index contributed by atoms with van der Waals surface area (Å²) >= 11 is 4.67. The van der Waals surface area contributed by atoms with Crippen molar-refractivity contribution in [2.75, 3.05) is 0 Å². The van der Waals surface area contributed by atoms with Gasteiger partial charge in [0.2, 0.25) is 0 Å². The number of aliphatic imine (C=N–C) groups is 2. The highest BCUT2D eigenvalue weighted by molar-refractivity contribution is 7.80. The second-order valence-corrected chi connectivity index (χ2v) is 15.4. The number of fused-ring (bicyclic) bond motifs is 5. The number of nitrogens with zero attached hydrogens (tertiary/aromatic N) is 2. The highest BCUT2D eigenvalue weighted by atomic mass is 32.1. The summed E-state index contributed by atoms with van der Waals surface area (Å²) in [7, 11) is 0. The van der Waals surface area contributed by atoms with Gasteiger partial charge in [-0.3, -0.25) is 4.99 Å². The minimum Gasteiger partial charge on any atom is -0.265 e. The summed E-state index contributed by atoms with van der Waals surface area (Å²) in [5.41, 5.74) is 15.7. The molecule has 0 aliphatic heterocycles. The Bertz CT molecular complexity index is 2430. The average molecular weight is 717 g/mol. The summed E-state index contributed by atoms with van der Waals surface area (Å²) in [5.74, 6) is 0.929. The van der Waals surface area contributed by atoms with Gasteiger partial charge >= 0.3 is 0 Å². The maximum Gasteiger partial charge on any atom is 0.130 e. The van der Waals surface area contributed by atoms with Gasteiger partial charge in [0.05, 0.1) is 6.54 Å². The minimum atomic E-state index is 0.101. The predicted molar refractivity (Wildman–Crippen MR) is 231 cm³/mol. The highest BCUT2D eigenvalue weighted by Crippen LogP contribution is 2.56. The van der Waals surface area contributed by atoms with E-state index in [9.17, 15) is 0 Å². The number of rotatable bonds is 7. The smallest absolute Gasteiger partial charge is 0.130 e. The number of amidine groups is 1. The van der Waals surface area contributed by atoms with E-state index < -0.39 is 0 Å². The predicted octanol–water partition coefficient (Wildman–Crippen LogP) is 13.2. The van der Waals surface area contributed by atoms with E-state index in [2.05, 4.69) is 158 Å². The molecule has 54 heavy (non-hydrogen) atoms. The molecule has 0 aromatic heterocycles. The summed E-state index contributed by atoms with van der Waals surface area (Å²) < 4.78 is 0. The number of allylic oxidation sites excluding steroid dienone is 3. The third-order valence-electron chi connectivity index (χ3n) is 11.7. The van der Waals surface area contributed by atoms with E-state index >= 15 is 0 Å². The molecule has 0 radical (unpaired) electrons. The highest BCUT2D eigenvalue weighted by Gasteiger charge is 2.43. The quantitative estimate of drug-likeness (QED) is 0.0967. The van der Waals surface area contributed by atoms with Crippen molar-refractivity contribution in [3.8, 4) is 33.4 Å². The Morgan fingerprint density at radius 2 is 1.31 bits per heavy atom. The molecule has 1 spiro atoms. The molecule has 9 rings (SSSR count). The van der Waals surface area contributed by atoms with Crippen molar-refractivity contribution in [2.45, 2.75) is 55.4 Å². The maximum absolute atomic E-state index is 5.04. The fourth-order valence-corrected chi connectivity index (χ4v) is 9.07. The van der Waals surface area contributed by atoms with E-state index in [1.165, 1.54) is 82.2 Å². The molecule has 3 heteroatoms. The molecule has 0 N–H and O–H groups in total. The van der Waals surface area contributed by atoms with E-state index in [0.29, 0.717) is 6.54 Å². The monoisotopic (exact) mass is 716 g/mol. The van der Waals surface area contributed by atoms with Crippen LogP contribution in [-0.4, -0.2) is 12.1 Å². The minimum absolute atomic E-state index is 0.101. The molecule has 1 fully saturated rings. The van der Waals surface area contributed by atoms with Crippen molar-refractivity contribution in [1.29, 1.82) is 0 Å². The normalized spacial score (nSPS) is 17.4. The first kappa shape index (κ1) is 34.3. The van der Waals surface area contributed by atoms with Gasteiger partial charge in [-0.1, -0.05) is 165 Å². The van der Waals surface area contributed by atoms with Gasteiger partial charge < -0.3 is 0 Å². The van der Waals surface area contributed by atoms with Crippen LogP contribution in [0.1, 0.15) is 66.3 Å². The van der Waals surface area contributed by atoms with Gasteiger partial charge in [0, 0.05) is 22.4 Å². The van der Waals surface area contributed by atoms with Crippen molar-refractivity contribution in [3.05, 3.63) is 192 Å². The Hall–Kier alpha value is -5.51. The van der Waals surface area contributed by atoms with Crippen molar-refractivity contribution >= 4 is 30.3 Å². The van der Waals surface area contributed by atoms with E-state index in [4.69, 9.17) is 9.98 Å². The van der Waals surface area contributed by atoms with Gasteiger partial charge in [0.1, 0.15) is 5.84 Å². The van der Waals surface area contributed by atoms with Gasteiger partial charge in [-0.2, -0.15) is 0 Å². The van der Waals surface area contributed by atoms with Gasteiger partial charge in [-0.05, 0) is 104 Å². The lowest BCUT2D eigenvalue weighted by Gasteiger charge is -2.36. The molecular formula is C51H44N2S. The van der Waals surface area contributed by atoms with Crippen LogP contribution in [0.2, 0.25) is 0 Å². The first-order valence-corrected chi connectivity index (χ1v) is 19.8. The molecule has 3 aliphatic rings. The zero-order valence-electron chi connectivity index (χ0n) is 30.5. The Morgan fingerprint density at radius 3 is 2.11 bits per heavy atom. The summed E-state index contributed by atoms with van der Waals surface area (Å²) in [6.07, 6.45) is 16.1. The number of hydrogen-bond donors (Lipinski definition) is 1. The van der Waals surface area contributed by atoms with E-state index in [0.717, 1.165) is 28.3 Å². The second-order valence-electron chi connectivity index (χ2n) is 14.9. The van der Waals surface area contributed by atoms with Crippen LogP contribution in [0.25, 0.3) is 39.0 Å². The summed E-state index contributed by atoms with van der Waals surface area (Å²) in [4.78, 5) is 11.0. The molecule has 1 saturated carbocycles. The van der Waals surface area contributed by atoms with Gasteiger partial charge in [0.15, 0.2) is 0 Å². The molecule has 1 unspecified atom stereocenters. The van der Waals surface area contributed by atoms with Crippen LogP contribution in [0, 0.1) is 5.92 Å². The van der Waals surface area contributed by atoms with Crippen LogP contribution in [0.4, 0.5) is 0 Å². The second kappa shape index (κ2) is 15.1. The van der Waals surface area contributed by atoms with Crippen LogP contribution in [0.15, 0.2) is 179 Å². The molecule has 2 nitrogen and oxygen atoms in total. The zero-order valence-corrected chi connectivity index (χ0v) is 31.4. The number of benzene rings is 6. The Morgan fingerprint density at radius 1 is 0.630 bits per heavy atom. The molecule has 3 aliphatic carbocycles. The largest absolute Gasteiger partial charge is 0.265 e. The molecule has 6 aromatic carbocycles. The number of hydrogen-bond acceptors (Lipinski definition) is 2. The van der Waals surface area contributed by atoms with Crippen molar-refractivity contribution in [3.63, 3.8) is 0 Å². The van der Waals surface area contributed by atoms with Gasteiger partial charge in [0.25, 0.3) is 0 Å². The topological polar surface area (TPSA) is 24.7 Å². The molecule has 0 heterocycles. The number of thiol groups is 1. The zero-order chi connectivity index (χ0) is 36.3. The van der Waals surface area contributed by atoms with E-state index in [-0.39, 0.29) is 11.3 Å². The van der Waals surface area contributed by atoms with Crippen LogP contribution in [0.3, 0.4) is 0 Å². The van der Waals surface area contributed by atoms with Crippen LogP contribution >= 0.6 is 12.6 Å². The lowest BCUT2D eigenvalue weighted by atomic mass is 9.68. The van der Waals surface area contributed by atoms with E-state index in [1.807, 2.05) is 24.4 Å². The van der Waals surface area contributed by atoms with Crippen molar-refractivity contribution in [2.24, 2.45) is 15.9 Å². The third-order valence-corrected chi connectivity index (χ3v) is 12.1. The summed E-state index contributed by atoms with van der Waals surface area (Å²) in [5, 5.41) is 0. The van der Waals surface area contributed by atoms with Crippen LogP contribution in [-0.2, 0) is 12.0 Å². The Balaban J connectivity index is 0.956. The fraction of sp³-hybridized carbons (Fsp3) is 0.176. The Labute approximate surface area is 325 Å². The molecule has 264 valence electrons. The molecular weight excluding hydrogens is 673 g/mol. The summed E-state index contributed by atoms with van der Waals surface area (Å²) in [6, 6.07) is 52.8. The standard InChI is InChI=1S/C51H44N2S/c54-49-19-8-5-14-44(49)35-53-50(40-26-24-38(25-27-40)37-12-3-1-4-13-37)52-34-36-20-22-39(23-21-36)41-15-11-16-42(32-41)43-28-29-48-46(33-43)45-17-6-7-18-47(45)51(48)30-9-2-10-31-51/h1,3-8,11-26,28-29,32-34,40,54H,2,9-10,27,30-31,35H2/b52-34+,53-50-. The molecule has 1 atom stereocenters. The van der Waals surface area contributed by atoms with Gasteiger partial charge in [-0.25, -0.2) is 4.99 Å². The van der Waals surface area contributed by atoms with Crippen molar-refractivity contribution in [1.82, 2.24) is 0 Å². The first-order chi connectivity index (χ1) is 26.6. The van der Waals surface area contributed by atoms with E-state index in [1.54, 1.807) is 5.56 Å². The average Bonchev–Trinajstić information content (AvgIpc) is 3.50. The summed E-state index contributed by atoms with van der Waals surface area (Å²) in [6.45, 7) is 0.541.